The number of carbonyl (C=O) groups is 2. The molecule has 0 N–H and O–H groups in total. The van der Waals surface area contributed by atoms with E-state index in [1.807, 2.05) is 26.0 Å². The highest BCUT2D eigenvalue weighted by Gasteiger charge is 2.19. The van der Waals surface area contributed by atoms with E-state index in [1.165, 1.54) is 33.5 Å². The Balaban J connectivity index is 2.17. The van der Waals surface area contributed by atoms with Gasteiger partial charge in [0.15, 0.2) is 18.1 Å². The van der Waals surface area contributed by atoms with E-state index >= 15 is 0 Å². The average Bonchev–Trinajstić information content (AvgIpc) is 2.66. The second-order valence-corrected chi connectivity index (χ2v) is 5.73. The molecular weight excluding hydrogens is 336 g/mol. The molecule has 0 fully saturated rings. The standard InChI is InChI=1S/C20H22O6/c1-12-6-7-13(2)15(8-12)20(22)26-11-16(21)14-9-17(23-3)19(25-5)18(10-14)24-4/h6-10H,11H2,1-5H3. The second-order valence-electron chi connectivity index (χ2n) is 5.73. The third-order valence-electron chi connectivity index (χ3n) is 3.93. The summed E-state index contributed by atoms with van der Waals surface area (Å²) in [6.07, 6.45) is 0. The molecule has 26 heavy (non-hydrogen) atoms. The Bertz CT molecular complexity index is 800. The van der Waals surface area contributed by atoms with E-state index in [4.69, 9.17) is 18.9 Å². The van der Waals surface area contributed by atoms with E-state index in [-0.39, 0.29) is 12.4 Å². The van der Waals surface area contributed by atoms with Crippen molar-refractivity contribution in [1.82, 2.24) is 0 Å². The minimum atomic E-state index is -0.535. The van der Waals surface area contributed by atoms with Crippen LogP contribution in [0.25, 0.3) is 0 Å². The lowest BCUT2D eigenvalue weighted by Crippen LogP contribution is -2.15. The van der Waals surface area contributed by atoms with Gasteiger partial charge in [-0.05, 0) is 37.6 Å². The lowest BCUT2D eigenvalue weighted by molar-refractivity contribution is 0.0474. The summed E-state index contributed by atoms with van der Waals surface area (Å²) in [6.45, 7) is 3.32. The summed E-state index contributed by atoms with van der Waals surface area (Å²) in [6, 6.07) is 8.53. The largest absolute Gasteiger partial charge is 0.493 e. The van der Waals surface area contributed by atoms with Gasteiger partial charge in [-0.2, -0.15) is 0 Å². The molecule has 0 unspecified atom stereocenters. The van der Waals surface area contributed by atoms with Crippen molar-refractivity contribution in [3.63, 3.8) is 0 Å². The molecule has 2 aromatic carbocycles. The molecule has 0 spiro atoms. The number of hydrogen-bond donors (Lipinski definition) is 0. The van der Waals surface area contributed by atoms with Crippen LogP contribution in [0.5, 0.6) is 17.2 Å². The van der Waals surface area contributed by atoms with Crippen molar-refractivity contribution in [2.75, 3.05) is 27.9 Å². The van der Waals surface area contributed by atoms with Crippen LogP contribution in [0.1, 0.15) is 31.8 Å². The first-order valence-electron chi connectivity index (χ1n) is 7.98. The summed E-state index contributed by atoms with van der Waals surface area (Å²) in [5, 5.41) is 0. The molecule has 0 atom stereocenters. The first-order chi connectivity index (χ1) is 12.4. The summed E-state index contributed by atoms with van der Waals surface area (Å²) in [5.41, 5.74) is 2.48. The van der Waals surface area contributed by atoms with Gasteiger partial charge in [0.05, 0.1) is 26.9 Å². The van der Waals surface area contributed by atoms with Crippen molar-refractivity contribution in [1.29, 1.82) is 0 Å². The van der Waals surface area contributed by atoms with E-state index < -0.39 is 5.97 Å². The topological polar surface area (TPSA) is 71.1 Å². The van der Waals surface area contributed by atoms with Gasteiger partial charge in [-0.1, -0.05) is 17.7 Å². The maximum absolute atomic E-state index is 12.4. The second kappa shape index (κ2) is 8.38. The Labute approximate surface area is 152 Å². The first kappa shape index (κ1) is 19.3. The van der Waals surface area contributed by atoms with Gasteiger partial charge in [0.1, 0.15) is 0 Å². The summed E-state index contributed by atoms with van der Waals surface area (Å²) >= 11 is 0. The molecule has 0 aliphatic carbocycles. The van der Waals surface area contributed by atoms with Gasteiger partial charge in [-0.3, -0.25) is 4.79 Å². The molecule has 2 aromatic rings. The number of hydrogen-bond acceptors (Lipinski definition) is 6. The average molecular weight is 358 g/mol. The van der Waals surface area contributed by atoms with Gasteiger partial charge in [-0.15, -0.1) is 0 Å². The van der Waals surface area contributed by atoms with Crippen molar-refractivity contribution in [3.8, 4) is 17.2 Å². The van der Waals surface area contributed by atoms with Crippen LogP contribution < -0.4 is 14.2 Å². The van der Waals surface area contributed by atoms with Crippen LogP contribution in [0, 0.1) is 13.8 Å². The molecular formula is C20H22O6. The van der Waals surface area contributed by atoms with Gasteiger partial charge in [0, 0.05) is 5.56 Å². The Morgan fingerprint density at radius 1 is 0.885 bits per heavy atom. The van der Waals surface area contributed by atoms with Gasteiger partial charge in [-0.25, -0.2) is 4.79 Å². The Kier molecular flexibility index (Phi) is 6.22. The van der Waals surface area contributed by atoms with Crippen LogP contribution in [0.4, 0.5) is 0 Å². The number of rotatable bonds is 7. The molecule has 138 valence electrons. The number of esters is 1. The first-order valence-corrected chi connectivity index (χ1v) is 7.98. The highest BCUT2D eigenvalue weighted by Crippen LogP contribution is 2.38. The molecule has 0 saturated heterocycles. The van der Waals surface area contributed by atoms with Crippen LogP contribution in [-0.2, 0) is 4.74 Å². The monoisotopic (exact) mass is 358 g/mol. The molecule has 0 saturated carbocycles. The minimum absolute atomic E-state index is 0.299. The normalized spacial score (nSPS) is 10.2. The lowest BCUT2D eigenvalue weighted by atomic mass is 10.1. The SMILES string of the molecule is COc1cc(C(=O)COC(=O)c2cc(C)ccc2C)cc(OC)c1OC. The fourth-order valence-electron chi connectivity index (χ4n) is 2.49. The molecule has 0 heterocycles. The van der Waals surface area contributed by atoms with Crippen molar-refractivity contribution in [2.24, 2.45) is 0 Å². The van der Waals surface area contributed by atoms with Crippen LogP contribution >= 0.6 is 0 Å². The number of ketones is 1. The van der Waals surface area contributed by atoms with Gasteiger partial charge in [0.25, 0.3) is 0 Å². The summed E-state index contributed by atoms with van der Waals surface area (Å²) in [7, 11) is 4.41. The molecule has 2 rings (SSSR count). The van der Waals surface area contributed by atoms with Crippen LogP contribution in [0.15, 0.2) is 30.3 Å². The van der Waals surface area contributed by atoms with Crippen molar-refractivity contribution in [2.45, 2.75) is 13.8 Å². The van der Waals surface area contributed by atoms with E-state index in [9.17, 15) is 9.59 Å². The molecule has 6 heteroatoms. The fourth-order valence-corrected chi connectivity index (χ4v) is 2.49. The minimum Gasteiger partial charge on any atom is -0.493 e. The fraction of sp³-hybridized carbons (Fsp3) is 0.300. The third kappa shape index (κ3) is 4.14. The molecule has 0 aromatic heterocycles. The third-order valence-corrected chi connectivity index (χ3v) is 3.93. The van der Waals surface area contributed by atoms with Crippen LogP contribution in [0.2, 0.25) is 0 Å². The summed E-state index contributed by atoms with van der Waals surface area (Å²) in [4.78, 5) is 24.7. The van der Waals surface area contributed by atoms with E-state index in [0.29, 0.717) is 28.4 Å². The van der Waals surface area contributed by atoms with Gasteiger partial charge >= 0.3 is 5.97 Å². The van der Waals surface area contributed by atoms with E-state index in [1.54, 1.807) is 6.07 Å². The molecule has 0 bridgehead atoms. The Morgan fingerprint density at radius 2 is 1.50 bits per heavy atom. The number of methoxy groups -OCH3 is 3. The number of benzene rings is 2. The summed E-state index contributed by atoms with van der Waals surface area (Å²) < 4.78 is 20.9. The van der Waals surface area contributed by atoms with Crippen LogP contribution in [-0.4, -0.2) is 39.7 Å². The van der Waals surface area contributed by atoms with Crippen molar-refractivity contribution in [3.05, 3.63) is 52.6 Å². The van der Waals surface area contributed by atoms with Crippen molar-refractivity contribution >= 4 is 11.8 Å². The van der Waals surface area contributed by atoms with Gasteiger partial charge in [0.2, 0.25) is 11.5 Å². The van der Waals surface area contributed by atoms with Crippen LogP contribution in [0.3, 0.4) is 0 Å². The molecule has 6 nitrogen and oxygen atoms in total. The summed E-state index contributed by atoms with van der Waals surface area (Å²) in [5.74, 6) is 0.195. The number of aryl methyl sites for hydroxylation is 2. The zero-order chi connectivity index (χ0) is 19.3. The number of carbonyl (C=O) groups excluding carboxylic acids is 2. The molecule has 0 amide bonds. The highest BCUT2D eigenvalue weighted by atomic mass is 16.5. The van der Waals surface area contributed by atoms with Crippen molar-refractivity contribution < 1.29 is 28.5 Å². The molecule has 0 aliphatic rings. The van der Waals surface area contributed by atoms with E-state index in [2.05, 4.69) is 0 Å². The molecule has 0 aliphatic heterocycles. The quantitative estimate of drug-likeness (QED) is 0.558. The maximum atomic E-state index is 12.4. The predicted molar refractivity (Wildman–Crippen MR) is 96.6 cm³/mol. The number of ether oxygens (including phenoxy) is 4. The number of Topliss-reactive ketones (excluding diaryl/α,β-unsaturated/α-hetero) is 1. The Hall–Kier alpha value is -3.02. The smallest absolute Gasteiger partial charge is 0.338 e. The lowest BCUT2D eigenvalue weighted by Gasteiger charge is -2.14. The zero-order valence-corrected chi connectivity index (χ0v) is 15.5. The Morgan fingerprint density at radius 3 is 2.04 bits per heavy atom. The molecule has 0 radical (unpaired) electrons. The van der Waals surface area contributed by atoms with Gasteiger partial charge < -0.3 is 18.9 Å². The maximum Gasteiger partial charge on any atom is 0.338 e. The highest BCUT2D eigenvalue weighted by molar-refractivity contribution is 6.00. The predicted octanol–water partition coefficient (Wildman–Crippen LogP) is 3.37. The van der Waals surface area contributed by atoms with E-state index in [0.717, 1.165) is 11.1 Å². The zero-order valence-electron chi connectivity index (χ0n) is 15.5.